The SMILES string of the molecule is Cc1cccc(C)c1N1C2CC3CC1CC(C2)N3. The van der Waals surface area contributed by atoms with E-state index in [4.69, 9.17) is 0 Å². The lowest BCUT2D eigenvalue weighted by molar-refractivity contribution is 0.134. The predicted octanol–water partition coefficient (Wildman–Crippen LogP) is 2.78. The summed E-state index contributed by atoms with van der Waals surface area (Å²) in [7, 11) is 0. The third kappa shape index (κ3) is 1.45. The molecule has 0 spiro atoms. The fourth-order valence-corrected chi connectivity index (χ4v) is 4.63. The Balaban J connectivity index is 1.77. The first-order chi connectivity index (χ1) is 8.72. The second kappa shape index (κ2) is 3.74. The van der Waals surface area contributed by atoms with Gasteiger partial charge in [0.15, 0.2) is 0 Å². The minimum absolute atomic E-state index is 0.786. The van der Waals surface area contributed by atoms with Crippen LogP contribution in [0.1, 0.15) is 36.8 Å². The van der Waals surface area contributed by atoms with Gasteiger partial charge < -0.3 is 10.2 Å². The number of rotatable bonds is 1. The monoisotopic (exact) mass is 242 g/mol. The Morgan fingerprint density at radius 3 is 1.94 bits per heavy atom. The van der Waals surface area contributed by atoms with Crippen LogP contribution in [0.4, 0.5) is 5.69 Å². The van der Waals surface area contributed by atoms with Gasteiger partial charge in [-0.25, -0.2) is 0 Å². The van der Waals surface area contributed by atoms with Crippen LogP contribution in [0, 0.1) is 13.8 Å². The fraction of sp³-hybridized carbons (Fsp3) is 0.625. The second-order valence-corrected chi connectivity index (χ2v) is 6.46. The van der Waals surface area contributed by atoms with E-state index in [1.165, 1.54) is 42.5 Å². The molecule has 0 saturated carbocycles. The van der Waals surface area contributed by atoms with Crippen molar-refractivity contribution in [1.82, 2.24) is 5.32 Å². The van der Waals surface area contributed by atoms with E-state index in [9.17, 15) is 0 Å². The lowest BCUT2D eigenvalue weighted by atomic mass is 9.74. The Labute approximate surface area is 109 Å². The molecule has 0 radical (unpaired) electrons. The number of piperidine rings is 4. The summed E-state index contributed by atoms with van der Waals surface area (Å²) in [5.74, 6) is 0. The van der Waals surface area contributed by atoms with Gasteiger partial charge in [0.1, 0.15) is 0 Å². The zero-order chi connectivity index (χ0) is 12.3. The van der Waals surface area contributed by atoms with Gasteiger partial charge in [-0.1, -0.05) is 18.2 Å². The van der Waals surface area contributed by atoms with Gasteiger partial charge in [-0.2, -0.15) is 0 Å². The van der Waals surface area contributed by atoms with Crippen molar-refractivity contribution in [3.63, 3.8) is 0 Å². The molecule has 0 atom stereocenters. The molecule has 4 fully saturated rings. The second-order valence-electron chi connectivity index (χ2n) is 6.46. The first-order valence-corrected chi connectivity index (χ1v) is 7.33. The van der Waals surface area contributed by atoms with E-state index in [1.807, 2.05) is 0 Å². The Morgan fingerprint density at radius 2 is 1.44 bits per heavy atom. The molecule has 1 N–H and O–H groups in total. The van der Waals surface area contributed by atoms with E-state index in [0.29, 0.717) is 0 Å². The summed E-state index contributed by atoms with van der Waals surface area (Å²) in [6, 6.07) is 9.90. The summed E-state index contributed by atoms with van der Waals surface area (Å²) in [6.45, 7) is 4.54. The Kier molecular flexibility index (Phi) is 2.25. The Hall–Kier alpha value is -1.02. The fourth-order valence-electron chi connectivity index (χ4n) is 4.63. The van der Waals surface area contributed by atoms with Gasteiger partial charge in [0.05, 0.1) is 0 Å². The molecular formula is C16H22N2. The maximum Gasteiger partial charge on any atom is 0.0430 e. The van der Waals surface area contributed by atoms with Crippen LogP contribution in [0.2, 0.25) is 0 Å². The summed E-state index contributed by atoms with van der Waals surface area (Å²) in [6.07, 6.45) is 5.39. The molecule has 0 aromatic heterocycles. The van der Waals surface area contributed by atoms with E-state index < -0.39 is 0 Å². The number of hydrogen-bond acceptors (Lipinski definition) is 2. The minimum atomic E-state index is 0.786. The van der Waals surface area contributed by atoms with Gasteiger partial charge in [-0.15, -0.1) is 0 Å². The zero-order valence-corrected chi connectivity index (χ0v) is 11.3. The average molecular weight is 242 g/mol. The molecule has 2 nitrogen and oxygen atoms in total. The van der Waals surface area contributed by atoms with Crippen molar-refractivity contribution in [1.29, 1.82) is 0 Å². The molecule has 5 rings (SSSR count). The Bertz CT molecular complexity index is 432. The van der Waals surface area contributed by atoms with Crippen molar-refractivity contribution in [3.05, 3.63) is 29.3 Å². The molecule has 4 aliphatic rings. The molecule has 0 amide bonds. The molecule has 0 unspecified atom stereocenters. The molecule has 1 aromatic carbocycles. The maximum absolute atomic E-state index is 3.79. The first-order valence-electron chi connectivity index (χ1n) is 7.33. The number of anilines is 1. The highest BCUT2D eigenvalue weighted by atomic mass is 15.3. The van der Waals surface area contributed by atoms with E-state index in [1.54, 1.807) is 0 Å². The third-order valence-electron chi connectivity index (χ3n) is 5.18. The first kappa shape index (κ1) is 10.9. The van der Waals surface area contributed by atoms with Crippen molar-refractivity contribution in [2.24, 2.45) is 0 Å². The lowest BCUT2D eigenvalue weighted by Crippen LogP contribution is -2.68. The molecule has 4 aliphatic heterocycles. The number of aryl methyl sites for hydroxylation is 2. The number of para-hydroxylation sites is 1. The molecule has 4 saturated heterocycles. The quantitative estimate of drug-likeness (QED) is 0.814. The lowest BCUT2D eigenvalue weighted by Gasteiger charge is -2.58. The van der Waals surface area contributed by atoms with Gasteiger partial charge in [-0.3, -0.25) is 0 Å². The predicted molar refractivity (Wildman–Crippen MR) is 75.2 cm³/mol. The van der Waals surface area contributed by atoms with Crippen LogP contribution < -0.4 is 10.2 Å². The van der Waals surface area contributed by atoms with Crippen LogP contribution in [0.5, 0.6) is 0 Å². The zero-order valence-electron chi connectivity index (χ0n) is 11.3. The van der Waals surface area contributed by atoms with Gasteiger partial charge >= 0.3 is 0 Å². The highest BCUT2D eigenvalue weighted by molar-refractivity contribution is 5.61. The highest BCUT2D eigenvalue weighted by Crippen LogP contribution is 2.43. The normalized spacial score (nSPS) is 37.3. The molecule has 4 heterocycles. The molecule has 1 aromatic rings. The largest absolute Gasteiger partial charge is 0.365 e. The topological polar surface area (TPSA) is 15.3 Å². The number of benzene rings is 1. The summed E-state index contributed by atoms with van der Waals surface area (Å²) < 4.78 is 0. The van der Waals surface area contributed by atoms with Crippen LogP contribution in [0.3, 0.4) is 0 Å². The van der Waals surface area contributed by atoms with Crippen molar-refractivity contribution < 1.29 is 0 Å². The van der Waals surface area contributed by atoms with Gasteiger partial charge in [0.25, 0.3) is 0 Å². The van der Waals surface area contributed by atoms with Crippen LogP contribution in [0.15, 0.2) is 18.2 Å². The summed E-state index contributed by atoms with van der Waals surface area (Å²) in [5, 5.41) is 3.79. The van der Waals surface area contributed by atoms with Gasteiger partial charge in [-0.05, 0) is 50.7 Å². The van der Waals surface area contributed by atoms with Crippen molar-refractivity contribution >= 4 is 5.69 Å². The summed E-state index contributed by atoms with van der Waals surface area (Å²) in [5.41, 5.74) is 4.44. The van der Waals surface area contributed by atoms with Crippen LogP contribution in [-0.2, 0) is 0 Å². The van der Waals surface area contributed by atoms with Crippen molar-refractivity contribution in [2.75, 3.05) is 4.90 Å². The maximum atomic E-state index is 3.79. The van der Waals surface area contributed by atoms with E-state index in [-0.39, 0.29) is 0 Å². The number of hydrogen-bond donors (Lipinski definition) is 1. The Morgan fingerprint density at radius 1 is 0.944 bits per heavy atom. The van der Waals surface area contributed by atoms with Gasteiger partial charge in [0.2, 0.25) is 0 Å². The van der Waals surface area contributed by atoms with Gasteiger partial charge in [0, 0.05) is 29.9 Å². The minimum Gasteiger partial charge on any atom is -0.365 e. The van der Waals surface area contributed by atoms with E-state index in [0.717, 1.165) is 24.2 Å². The number of nitrogens with zero attached hydrogens (tertiary/aromatic N) is 1. The van der Waals surface area contributed by atoms with E-state index in [2.05, 4.69) is 42.3 Å². The molecule has 4 bridgehead atoms. The summed E-state index contributed by atoms with van der Waals surface area (Å²) >= 11 is 0. The van der Waals surface area contributed by atoms with E-state index >= 15 is 0 Å². The highest BCUT2D eigenvalue weighted by Gasteiger charge is 2.47. The van der Waals surface area contributed by atoms with Crippen LogP contribution in [0.25, 0.3) is 0 Å². The smallest absolute Gasteiger partial charge is 0.0430 e. The standard InChI is InChI=1S/C16H22N2/c1-10-4-3-5-11(2)16(10)18-14-6-12-7-15(18)9-13(8-14)17-12/h3-5,12-15,17H,6-9H2,1-2H3. The molecule has 2 heteroatoms. The molecule has 96 valence electrons. The van der Waals surface area contributed by atoms with Crippen molar-refractivity contribution in [2.45, 2.75) is 63.7 Å². The molecular weight excluding hydrogens is 220 g/mol. The molecule has 0 aliphatic carbocycles. The third-order valence-corrected chi connectivity index (χ3v) is 5.18. The number of nitrogens with one attached hydrogen (secondary N) is 1. The van der Waals surface area contributed by atoms with Crippen LogP contribution in [-0.4, -0.2) is 24.2 Å². The van der Waals surface area contributed by atoms with Crippen LogP contribution >= 0.6 is 0 Å². The van der Waals surface area contributed by atoms with Crippen molar-refractivity contribution in [3.8, 4) is 0 Å². The summed E-state index contributed by atoms with van der Waals surface area (Å²) in [4.78, 5) is 2.78. The molecule has 18 heavy (non-hydrogen) atoms. The average Bonchev–Trinajstić information content (AvgIpc) is 2.31.